The number of hydrogen-bond donors (Lipinski definition) is 1. The van der Waals surface area contributed by atoms with Gasteiger partial charge >= 0.3 is 6.18 Å². The third-order valence-corrected chi connectivity index (χ3v) is 3.28. The van der Waals surface area contributed by atoms with Crippen molar-refractivity contribution in [2.45, 2.75) is 19.3 Å². The van der Waals surface area contributed by atoms with Gasteiger partial charge in [-0.15, -0.1) is 0 Å². The van der Waals surface area contributed by atoms with E-state index in [9.17, 15) is 17.6 Å². The fourth-order valence-corrected chi connectivity index (χ4v) is 2.35. The summed E-state index contributed by atoms with van der Waals surface area (Å²) in [6.07, 6.45) is -4.69. The largest absolute Gasteiger partial charge is 0.434 e. The van der Waals surface area contributed by atoms with Crippen molar-refractivity contribution in [3.8, 4) is 11.1 Å². The van der Waals surface area contributed by atoms with Gasteiger partial charge in [0.25, 0.3) is 0 Å². The normalized spacial score (nSPS) is 14.4. The Morgan fingerprint density at radius 3 is 2.50 bits per heavy atom. The van der Waals surface area contributed by atoms with E-state index >= 15 is 0 Å². The van der Waals surface area contributed by atoms with Crippen LogP contribution < -0.4 is 5.32 Å². The van der Waals surface area contributed by atoms with Gasteiger partial charge in [0.1, 0.15) is 0 Å². The van der Waals surface area contributed by atoms with Crippen LogP contribution in [0.25, 0.3) is 11.1 Å². The maximum atomic E-state index is 13.0. The molecule has 1 aromatic carbocycles. The van der Waals surface area contributed by atoms with Gasteiger partial charge in [-0.1, -0.05) is 12.1 Å². The predicted molar refractivity (Wildman–Crippen MR) is 65.2 cm³/mol. The van der Waals surface area contributed by atoms with E-state index in [-0.39, 0.29) is 5.56 Å². The van der Waals surface area contributed by atoms with Crippen molar-refractivity contribution in [2.24, 2.45) is 0 Å². The van der Waals surface area contributed by atoms with Crippen molar-refractivity contribution in [3.63, 3.8) is 0 Å². The number of alkyl halides is 3. The predicted octanol–water partition coefficient (Wildman–Crippen LogP) is 3.51. The summed E-state index contributed by atoms with van der Waals surface area (Å²) in [5.74, 6) is -1.14. The molecule has 6 heteroatoms. The molecule has 0 fully saturated rings. The van der Waals surface area contributed by atoms with E-state index in [1.54, 1.807) is 18.2 Å². The molecule has 0 atom stereocenters. The van der Waals surface area contributed by atoms with Crippen LogP contribution in [-0.4, -0.2) is 4.98 Å². The molecule has 0 bridgehead atoms. The maximum Gasteiger partial charge on any atom is 0.434 e. The zero-order chi connectivity index (χ0) is 14.3. The van der Waals surface area contributed by atoms with Crippen molar-refractivity contribution in [1.29, 1.82) is 0 Å². The molecule has 0 spiro atoms. The molecular formula is C14H10F4N2. The highest BCUT2D eigenvalue weighted by molar-refractivity contribution is 5.68. The number of pyridine rings is 1. The van der Waals surface area contributed by atoms with Crippen molar-refractivity contribution in [3.05, 3.63) is 53.1 Å². The average Bonchev–Trinajstić information content (AvgIpc) is 2.84. The molecular weight excluding hydrogens is 272 g/mol. The van der Waals surface area contributed by atoms with Crippen LogP contribution in [0.3, 0.4) is 0 Å². The van der Waals surface area contributed by atoms with E-state index in [4.69, 9.17) is 0 Å². The summed E-state index contributed by atoms with van der Waals surface area (Å²) in [5.41, 5.74) is 1.13. The second-order valence-corrected chi connectivity index (χ2v) is 4.61. The Morgan fingerprint density at radius 1 is 1.00 bits per heavy atom. The van der Waals surface area contributed by atoms with Gasteiger partial charge in [-0.05, 0) is 34.9 Å². The Morgan fingerprint density at radius 2 is 1.75 bits per heavy atom. The number of rotatable bonds is 1. The number of aromatic nitrogens is 1. The molecule has 0 amide bonds. The zero-order valence-electron chi connectivity index (χ0n) is 10.3. The fourth-order valence-electron chi connectivity index (χ4n) is 2.35. The molecule has 0 saturated heterocycles. The molecule has 1 N–H and O–H groups in total. The minimum atomic E-state index is -4.69. The van der Waals surface area contributed by atoms with Gasteiger partial charge in [0.05, 0.1) is 0 Å². The van der Waals surface area contributed by atoms with Gasteiger partial charge in [0.2, 0.25) is 5.95 Å². The first-order chi connectivity index (χ1) is 9.45. The molecule has 0 radical (unpaired) electrons. The summed E-state index contributed by atoms with van der Waals surface area (Å²) < 4.78 is 51.8. The summed E-state index contributed by atoms with van der Waals surface area (Å²) in [5, 5.41) is 3.12. The highest BCUT2D eigenvalue weighted by Crippen LogP contribution is 2.36. The van der Waals surface area contributed by atoms with Crippen molar-refractivity contribution < 1.29 is 17.6 Å². The lowest BCUT2D eigenvalue weighted by atomic mass is 9.99. The molecule has 20 heavy (non-hydrogen) atoms. The van der Waals surface area contributed by atoms with E-state index < -0.39 is 17.8 Å². The van der Waals surface area contributed by atoms with Gasteiger partial charge in [-0.2, -0.15) is 17.6 Å². The van der Waals surface area contributed by atoms with E-state index in [1.807, 2.05) is 0 Å². The Kier molecular flexibility index (Phi) is 2.97. The standard InChI is InChI=1S/C14H10F4N2/c15-12-4-3-11(13(20-12)14(16,17)18)8-1-2-9-6-19-7-10(9)5-8/h1-5,19H,6-7H2. The molecule has 104 valence electrons. The van der Waals surface area contributed by atoms with Crippen LogP contribution in [0.4, 0.5) is 17.6 Å². The minimum absolute atomic E-state index is 0.103. The van der Waals surface area contributed by atoms with Gasteiger partial charge in [0.15, 0.2) is 5.69 Å². The second kappa shape index (κ2) is 4.56. The van der Waals surface area contributed by atoms with E-state index in [2.05, 4.69) is 10.3 Å². The van der Waals surface area contributed by atoms with Gasteiger partial charge in [-0.3, -0.25) is 0 Å². The summed E-state index contributed by atoms with van der Waals surface area (Å²) in [6, 6.07) is 7.15. The minimum Gasteiger partial charge on any atom is -0.309 e. The summed E-state index contributed by atoms with van der Waals surface area (Å²) in [4.78, 5) is 3.01. The first-order valence-electron chi connectivity index (χ1n) is 6.02. The Labute approximate surface area is 112 Å². The molecule has 2 aromatic rings. The highest BCUT2D eigenvalue weighted by atomic mass is 19.4. The van der Waals surface area contributed by atoms with Crippen LogP contribution in [0.15, 0.2) is 30.3 Å². The van der Waals surface area contributed by atoms with E-state index in [1.165, 1.54) is 0 Å². The zero-order valence-corrected chi connectivity index (χ0v) is 10.3. The van der Waals surface area contributed by atoms with E-state index in [0.717, 1.165) is 23.3 Å². The van der Waals surface area contributed by atoms with Crippen LogP contribution in [0.2, 0.25) is 0 Å². The van der Waals surface area contributed by atoms with Crippen LogP contribution in [0, 0.1) is 5.95 Å². The quantitative estimate of drug-likeness (QED) is 0.639. The lowest BCUT2D eigenvalue weighted by Crippen LogP contribution is -2.11. The molecule has 1 aromatic heterocycles. The highest BCUT2D eigenvalue weighted by Gasteiger charge is 2.36. The molecule has 3 rings (SSSR count). The number of nitrogens with one attached hydrogen (secondary N) is 1. The van der Waals surface area contributed by atoms with Gasteiger partial charge in [0, 0.05) is 18.7 Å². The third kappa shape index (κ3) is 2.27. The Bertz CT molecular complexity index is 665. The molecule has 0 aliphatic carbocycles. The van der Waals surface area contributed by atoms with Crippen LogP contribution >= 0.6 is 0 Å². The third-order valence-electron chi connectivity index (χ3n) is 3.28. The second-order valence-electron chi connectivity index (χ2n) is 4.61. The lowest BCUT2D eigenvalue weighted by Gasteiger charge is -2.12. The molecule has 0 saturated carbocycles. The number of benzene rings is 1. The smallest absolute Gasteiger partial charge is 0.309 e. The van der Waals surface area contributed by atoms with Crippen LogP contribution in [-0.2, 0) is 19.3 Å². The monoisotopic (exact) mass is 282 g/mol. The molecule has 1 aliphatic heterocycles. The Hall–Kier alpha value is -1.95. The molecule has 2 heterocycles. The van der Waals surface area contributed by atoms with Crippen molar-refractivity contribution in [2.75, 3.05) is 0 Å². The average molecular weight is 282 g/mol. The first kappa shape index (κ1) is 13.1. The van der Waals surface area contributed by atoms with Crippen molar-refractivity contribution in [1.82, 2.24) is 10.3 Å². The fraction of sp³-hybridized carbons (Fsp3) is 0.214. The number of hydrogen-bond acceptors (Lipinski definition) is 2. The van der Waals surface area contributed by atoms with Gasteiger partial charge < -0.3 is 5.32 Å². The lowest BCUT2D eigenvalue weighted by molar-refractivity contribution is -0.141. The number of fused-ring (bicyclic) bond motifs is 1. The molecule has 0 unspecified atom stereocenters. The van der Waals surface area contributed by atoms with Crippen molar-refractivity contribution >= 4 is 0 Å². The topological polar surface area (TPSA) is 24.9 Å². The number of nitrogens with zero attached hydrogens (tertiary/aromatic N) is 1. The van der Waals surface area contributed by atoms with Gasteiger partial charge in [-0.25, -0.2) is 4.98 Å². The molecule has 2 nitrogen and oxygen atoms in total. The SMILES string of the molecule is Fc1ccc(-c2ccc3c(c2)CNC3)c(C(F)(F)F)n1. The number of halogens is 4. The molecule has 1 aliphatic rings. The maximum absolute atomic E-state index is 13.0. The first-order valence-corrected chi connectivity index (χ1v) is 6.02. The van der Waals surface area contributed by atoms with Crippen LogP contribution in [0.1, 0.15) is 16.8 Å². The summed E-state index contributed by atoms with van der Waals surface area (Å²) in [6.45, 7) is 1.34. The summed E-state index contributed by atoms with van der Waals surface area (Å²) >= 11 is 0. The van der Waals surface area contributed by atoms with Crippen LogP contribution in [0.5, 0.6) is 0 Å². The van der Waals surface area contributed by atoms with E-state index in [0.29, 0.717) is 18.7 Å². The Balaban J connectivity index is 2.15. The summed E-state index contributed by atoms with van der Waals surface area (Å²) in [7, 11) is 0.